The summed E-state index contributed by atoms with van der Waals surface area (Å²) in [5.41, 5.74) is 1.40. The highest BCUT2D eigenvalue weighted by Gasteiger charge is 2.17. The lowest BCUT2D eigenvalue weighted by atomic mass is 10.0. The predicted octanol–water partition coefficient (Wildman–Crippen LogP) is 3.80. The van der Waals surface area contributed by atoms with E-state index in [0.717, 1.165) is 17.7 Å². The first-order valence-corrected chi connectivity index (χ1v) is 8.63. The highest BCUT2D eigenvalue weighted by Crippen LogP contribution is 2.16. The number of carboxylic acids is 1. The van der Waals surface area contributed by atoms with Gasteiger partial charge in [0, 0.05) is 12.5 Å². The molecule has 0 aliphatic carbocycles. The Balaban J connectivity index is 1.98. The topological polar surface area (TPSA) is 78.4 Å². The summed E-state index contributed by atoms with van der Waals surface area (Å²) in [7, 11) is 0. The van der Waals surface area contributed by atoms with E-state index in [0.29, 0.717) is 12.0 Å². The Labute approximate surface area is 156 Å². The number of carboxylic acid groups (broad SMARTS) is 1. The van der Waals surface area contributed by atoms with E-state index in [2.05, 4.69) is 10.6 Å². The molecule has 0 radical (unpaired) electrons. The number of nitrogens with one attached hydrogen (secondary N) is 2. The van der Waals surface area contributed by atoms with Gasteiger partial charge in [0.2, 0.25) is 0 Å². The summed E-state index contributed by atoms with van der Waals surface area (Å²) < 4.78 is 26.4. The van der Waals surface area contributed by atoms with Crippen molar-refractivity contribution in [3.8, 4) is 0 Å². The fourth-order valence-electron chi connectivity index (χ4n) is 2.71. The molecule has 0 aliphatic heterocycles. The highest BCUT2D eigenvalue weighted by atomic mass is 19.2. The lowest BCUT2D eigenvalue weighted by Crippen LogP contribution is -2.44. The fourth-order valence-corrected chi connectivity index (χ4v) is 2.71. The van der Waals surface area contributed by atoms with Gasteiger partial charge in [-0.2, -0.15) is 0 Å². The average molecular weight is 376 g/mol. The van der Waals surface area contributed by atoms with Crippen LogP contribution in [0.1, 0.15) is 36.9 Å². The van der Waals surface area contributed by atoms with E-state index < -0.39 is 29.7 Å². The van der Waals surface area contributed by atoms with Gasteiger partial charge in [-0.25, -0.2) is 13.6 Å². The lowest BCUT2D eigenvalue weighted by molar-refractivity contribution is -0.137. The molecule has 144 valence electrons. The third kappa shape index (κ3) is 6.69. The maximum atomic E-state index is 13.3. The van der Waals surface area contributed by atoms with Crippen LogP contribution in [0.15, 0.2) is 48.5 Å². The van der Waals surface area contributed by atoms with Gasteiger partial charge in [0.05, 0.1) is 6.04 Å². The number of benzene rings is 2. The van der Waals surface area contributed by atoms with Crippen molar-refractivity contribution in [3.63, 3.8) is 0 Å². The number of amides is 2. The molecule has 0 saturated carbocycles. The lowest BCUT2D eigenvalue weighted by Gasteiger charge is -2.21. The van der Waals surface area contributed by atoms with E-state index in [-0.39, 0.29) is 18.9 Å². The van der Waals surface area contributed by atoms with Crippen molar-refractivity contribution >= 4 is 12.0 Å². The van der Waals surface area contributed by atoms with Crippen LogP contribution >= 0.6 is 0 Å². The maximum absolute atomic E-state index is 13.3. The minimum absolute atomic E-state index is 0.0729. The molecule has 5 nitrogen and oxygen atoms in total. The van der Waals surface area contributed by atoms with Gasteiger partial charge in [-0.15, -0.1) is 0 Å². The van der Waals surface area contributed by atoms with E-state index in [4.69, 9.17) is 5.11 Å². The molecule has 27 heavy (non-hydrogen) atoms. The van der Waals surface area contributed by atoms with Crippen molar-refractivity contribution in [3.05, 3.63) is 71.3 Å². The molecule has 2 atom stereocenters. The second kappa shape index (κ2) is 9.66. The second-order valence-electron chi connectivity index (χ2n) is 6.33. The van der Waals surface area contributed by atoms with Crippen LogP contribution < -0.4 is 10.6 Å². The third-order valence-corrected chi connectivity index (χ3v) is 4.16. The van der Waals surface area contributed by atoms with E-state index >= 15 is 0 Å². The SMILES string of the molecule is CC(NC(=O)NC(CCC(=O)O)Cc1ccccc1)c1ccc(F)c(F)c1. The Hall–Kier alpha value is -2.96. The van der Waals surface area contributed by atoms with Gasteiger partial charge in [-0.3, -0.25) is 4.79 Å². The van der Waals surface area contributed by atoms with Gasteiger partial charge in [0.15, 0.2) is 11.6 Å². The van der Waals surface area contributed by atoms with Crippen molar-refractivity contribution in [2.45, 2.75) is 38.3 Å². The van der Waals surface area contributed by atoms with Gasteiger partial charge in [0.1, 0.15) is 0 Å². The molecule has 0 bridgehead atoms. The zero-order valence-corrected chi connectivity index (χ0v) is 14.9. The van der Waals surface area contributed by atoms with Crippen LogP contribution in [0.5, 0.6) is 0 Å². The number of carbonyl (C=O) groups is 2. The summed E-state index contributed by atoms with van der Waals surface area (Å²) in [6, 6.07) is 11.4. The van der Waals surface area contributed by atoms with Crippen LogP contribution in [0.4, 0.5) is 13.6 Å². The molecule has 3 N–H and O–H groups in total. The van der Waals surface area contributed by atoms with E-state index in [1.54, 1.807) is 6.92 Å². The summed E-state index contributed by atoms with van der Waals surface area (Å²) in [5.74, 6) is -2.87. The average Bonchev–Trinajstić information content (AvgIpc) is 2.62. The van der Waals surface area contributed by atoms with E-state index in [9.17, 15) is 18.4 Å². The Morgan fingerprint density at radius 1 is 1.04 bits per heavy atom. The minimum atomic E-state index is -0.982. The van der Waals surface area contributed by atoms with Crippen molar-refractivity contribution < 1.29 is 23.5 Å². The molecule has 0 saturated heterocycles. The van der Waals surface area contributed by atoms with Crippen molar-refractivity contribution in [2.75, 3.05) is 0 Å². The summed E-state index contributed by atoms with van der Waals surface area (Å²) in [5, 5.41) is 14.3. The van der Waals surface area contributed by atoms with Gasteiger partial charge < -0.3 is 15.7 Å². The molecule has 0 fully saturated rings. The number of hydrogen-bond acceptors (Lipinski definition) is 2. The van der Waals surface area contributed by atoms with Gasteiger partial charge in [-0.1, -0.05) is 36.4 Å². The summed E-state index contributed by atoms with van der Waals surface area (Å²) >= 11 is 0. The molecule has 0 heterocycles. The molecule has 2 unspecified atom stereocenters. The quantitative estimate of drug-likeness (QED) is 0.656. The Bertz CT molecular complexity index is 784. The zero-order chi connectivity index (χ0) is 19.8. The maximum Gasteiger partial charge on any atom is 0.315 e. The number of aliphatic carboxylic acids is 1. The van der Waals surface area contributed by atoms with Crippen LogP contribution in [-0.2, 0) is 11.2 Å². The van der Waals surface area contributed by atoms with Gasteiger partial charge in [-0.05, 0) is 43.0 Å². The molecule has 0 spiro atoms. The molecule has 2 aromatic carbocycles. The van der Waals surface area contributed by atoms with Crippen molar-refractivity contribution in [2.24, 2.45) is 0 Å². The summed E-state index contributed by atoms with van der Waals surface area (Å²) in [6.07, 6.45) is 0.689. The van der Waals surface area contributed by atoms with E-state index in [1.165, 1.54) is 6.07 Å². The number of hydrogen-bond donors (Lipinski definition) is 3. The number of halogens is 2. The number of carbonyl (C=O) groups excluding carboxylic acids is 1. The smallest absolute Gasteiger partial charge is 0.315 e. The monoisotopic (exact) mass is 376 g/mol. The van der Waals surface area contributed by atoms with E-state index in [1.807, 2.05) is 30.3 Å². The van der Waals surface area contributed by atoms with Crippen LogP contribution in [-0.4, -0.2) is 23.1 Å². The molecule has 2 rings (SSSR count). The Morgan fingerprint density at radius 2 is 1.74 bits per heavy atom. The summed E-state index contributed by atoms with van der Waals surface area (Å²) in [6.45, 7) is 1.65. The highest BCUT2D eigenvalue weighted by molar-refractivity contribution is 5.75. The van der Waals surface area contributed by atoms with Gasteiger partial charge in [0.25, 0.3) is 0 Å². The number of urea groups is 1. The van der Waals surface area contributed by atoms with Crippen LogP contribution in [0.2, 0.25) is 0 Å². The minimum Gasteiger partial charge on any atom is -0.481 e. The molecule has 0 aliphatic rings. The first-order valence-electron chi connectivity index (χ1n) is 8.63. The van der Waals surface area contributed by atoms with Crippen molar-refractivity contribution in [1.29, 1.82) is 0 Å². The van der Waals surface area contributed by atoms with Crippen LogP contribution in [0, 0.1) is 11.6 Å². The molecular formula is C20H22F2N2O3. The largest absolute Gasteiger partial charge is 0.481 e. The second-order valence-corrected chi connectivity index (χ2v) is 6.33. The van der Waals surface area contributed by atoms with Gasteiger partial charge >= 0.3 is 12.0 Å². The fraction of sp³-hybridized carbons (Fsp3) is 0.300. The molecule has 2 amide bonds. The first kappa shape index (κ1) is 20.4. The Kier molecular flexibility index (Phi) is 7.28. The molecular weight excluding hydrogens is 354 g/mol. The first-order chi connectivity index (χ1) is 12.8. The number of rotatable bonds is 8. The van der Waals surface area contributed by atoms with Crippen molar-refractivity contribution in [1.82, 2.24) is 10.6 Å². The predicted molar refractivity (Wildman–Crippen MR) is 97.2 cm³/mol. The molecule has 0 aromatic heterocycles. The zero-order valence-electron chi connectivity index (χ0n) is 14.9. The van der Waals surface area contributed by atoms with Crippen LogP contribution in [0.25, 0.3) is 0 Å². The third-order valence-electron chi connectivity index (χ3n) is 4.16. The Morgan fingerprint density at radius 3 is 2.37 bits per heavy atom. The normalized spacial score (nSPS) is 12.9. The standard InChI is InChI=1S/C20H22F2N2O3/c1-13(15-7-9-17(21)18(22)12-15)23-20(27)24-16(8-10-19(25)26)11-14-5-3-2-4-6-14/h2-7,9,12-13,16H,8,10-11H2,1H3,(H,25,26)(H2,23,24,27). The summed E-state index contributed by atoms with van der Waals surface area (Å²) in [4.78, 5) is 23.2. The molecule has 2 aromatic rings. The molecule has 7 heteroatoms. The van der Waals surface area contributed by atoms with Crippen LogP contribution in [0.3, 0.4) is 0 Å².